The number of morpholine rings is 1. The fourth-order valence-corrected chi connectivity index (χ4v) is 3.37. The van der Waals surface area contributed by atoms with Crippen LogP contribution in [0, 0.1) is 0 Å². The fourth-order valence-electron chi connectivity index (χ4n) is 3.37. The molecule has 0 aromatic carbocycles. The molecule has 0 radical (unpaired) electrons. The van der Waals surface area contributed by atoms with Crippen LogP contribution in [0.4, 0.5) is 0 Å². The Hall–Kier alpha value is -0.650. The SMILES string of the molecule is CC1CN(C2CCC(N)(C(N)=O)C2)CC(C)(C)O1. The first-order chi connectivity index (χ1) is 8.22. The van der Waals surface area contributed by atoms with Crippen LogP contribution >= 0.6 is 0 Å². The van der Waals surface area contributed by atoms with Crippen molar-refractivity contribution < 1.29 is 9.53 Å². The van der Waals surface area contributed by atoms with Gasteiger partial charge in [-0.05, 0) is 40.0 Å². The predicted octanol–water partition coefficient (Wildman–Crippen LogP) is 0.221. The zero-order valence-corrected chi connectivity index (χ0v) is 11.6. The Morgan fingerprint density at radius 2 is 2.11 bits per heavy atom. The summed E-state index contributed by atoms with van der Waals surface area (Å²) in [7, 11) is 0. The van der Waals surface area contributed by atoms with E-state index in [0.717, 1.165) is 19.5 Å². The van der Waals surface area contributed by atoms with Gasteiger partial charge in [-0.3, -0.25) is 9.69 Å². The van der Waals surface area contributed by atoms with Crippen molar-refractivity contribution in [2.45, 2.75) is 63.3 Å². The topological polar surface area (TPSA) is 81.6 Å². The van der Waals surface area contributed by atoms with Crippen LogP contribution in [0.3, 0.4) is 0 Å². The Labute approximate surface area is 109 Å². The summed E-state index contributed by atoms with van der Waals surface area (Å²) in [5.74, 6) is -0.370. The van der Waals surface area contributed by atoms with E-state index < -0.39 is 5.54 Å². The van der Waals surface area contributed by atoms with Crippen LogP contribution in [-0.4, -0.2) is 47.2 Å². The summed E-state index contributed by atoms with van der Waals surface area (Å²) in [5.41, 5.74) is 10.5. The maximum absolute atomic E-state index is 11.4. The lowest BCUT2D eigenvalue weighted by Crippen LogP contribution is -2.56. The van der Waals surface area contributed by atoms with Gasteiger partial charge in [-0.2, -0.15) is 0 Å². The average Bonchev–Trinajstić information content (AvgIpc) is 2.59. The van der Waals surface area contributed by atoms with Crippen molar-refractivity contribution in [1.29, 1.82) is 0 Å². The van der Waals surface area contributed by atoms with Gasteiger partial charge in [-0.25, -0.2) is 0 Å². The molecule has 1 heterocycles. The minimum Gasteiger partial charge on any atom is -0.370 e. The van der Waals surface area contributed by atoms with Gasteiger partial charge in [0, 0.05) is 19.1 Å². The Bertz CT molecular complexity index is 345. The number of primary amides is 1. The minimum absolute atomic E-state index is 0.135. The van der Waals surface area contributed by atoms with Gasteiger partial charge in [-0.1, -0.05) is 0 Å². The highest BCUT2D eigenvalue weighted by Gasteiger charge is 2.45. The predicted molar refractivity (Wildman–Crippen MR) is 70.0 cm³/mol. The van der Waals surface area contributed by atoms with Gasteiger partial charge in [0.05, 0.1) is 17.2 Å². The molecule has 5 heteroatoms. The summed E-state index contributed by atoms with van der Waals surface area (Å²) in [4.78, 5) is 13.8. The Kier molecular flexibility index (Phi) is 3.42. The number of nitrogens with two attached hydrogens (primary N) is 2. The van der Waals surface area contributed by atoms with Gasteiger partial charge in [-0.15, -0.1) is 0 Å². The highest BCUT2D eigenvalue weighted by molar-refractivity contribution is 5.84. The molecule has 2 rings (SSSR count). The van der Waals surface area contributed by atoms with Crippen molar-refractivity contribution in [3.8, 4) is 0 Å². The van der Waals surface area contributed by atoms with Crippen molar-refractivity contribution in [2.75, 3.05) is 13.1 Å². The van der Waals surface area contributed by atoms with E-state index in [0.29, 0.717) is 18.9 Å². The van der Waals surface area contributed by atoms with Crippen molar-refractivity contribution >= 4 is 5.91 Å². The second-order valence-electron chi connectivity index (χ2n) is 6.53. The molecule has 2 fully saturated rings. The molecule has 1 saturated carbocycles. The molecular weight excluding hydrogens is 230 g/mol. The fraction of sp³-hybridized carbons (Fsp3) is 0.923. The third kappa shape index (κ3) is 2.68. The monoisotopic (exact) mass is 255 g/mol. The molecule has 3 unspecified atom stereocenters. The molecule has 0 aromatic rings. The number of carbonyl (C=O) groups is 1. The molecule has 0 spiro atoms. The van der Waals surface area contributed by atoms with Gasteiger partial charge >= 0.3 is 0 Å². The van der Waals surface area contributed by atoms with Crippen LogP contribution in [0.1, 0.15) is 40.0 Å². The third-order valence-electron chi connectivity index (χ3n) is 4.13. The lowest BCUT2D eigenvalue weighted by atomic mass is 9.97. The van der Waals surface area contributed by atoms with Crippen LogP contribution in [0.2, 0.25) is 0 Å². The number of hydrogen-bond donors (Lipinski definition) is 2. The van der Waals surface area contributed by atoms with E-state index in [4.69, 9.17) is 16.2 Å². The standard InChI is InChI=1S/C13H25N3O2/c1-9-7-16(8-12(2,3)18-9)10-4-5-13(15,6-10)11(14)17/h9-10H,4-8,15H2,1-3H3,(H2,14,17). The highest BCUT2D eigenvalue weighted by Crippen LogP contribution is 2.34. The van der Waals surface area contributed by atoms with Crippen molar-refractivity contribution in [3.05, 3.63) is 0 Å². The Balaban J connectivity index is 2.03. The molecule has 0 bridgehead atoms. The van der Waals surface area contributed by atoms with Crippen molar-refractivity contribution in [3.63, 3.8) is 0 Å². The van der Waals surface area contributed by atoms with Crippen LogP contribution in [0.15, 0.2) is 0 Å². The molecule has 104 valence electrons. The Morgan fingerprint density at radius 3 is 2.61 bits per heavy atom. The van der Waals surface area contributed by atoms with Gasteiger partial charge < -0.3 is 16.2 Å². The van der Waals surface area contributed by atoms with E-state index in [2.05, 4.69) is 25.7 Å². The van der Waals surface area contributed by atoms with E-state index in [-0.39, 0.29) is 17.6 Å². The van der Waals surface area contributed by atoms with Gasteiger partial charge in [0.2, 0.25) is 5.91 Å². The van der Waals surface area contributed by atoms with E-state index in [1.54, 1.807) is 0 Å². The molecule has 1 saturated heterocycles. The van der Waals surface area contributed by atoms with Crippen LogP contribution in [-0.2, 0) is 9.53 Å². The molecule has 1 aliphatic carbocycles. The van der Waals surface area contributed by atoms with Crippen LogP contribution < -0.4 is 11.5 Å². The zero-order valence-electron chi connectivity index (χ0n) is 11.6. The maximum atomic E-state index is 11.4. The average molecular weight is 255 g/mol. The number of hydrogen-bond acceptors (Lipinski definition) is 4. The van der Waals surface area contributed by atoms with Gasteiger partial charge in [0.1, 0.15) is 0 Å². The molecule has 18 heavy (non-hydrogen) atoms. The molecule has 0 aromatic heterocycles. The first kappa shape index (κ1) is 13.8. The smallest absolute Gasteiger partial charge is 0.237 e. The van der Waals surface area contributed by atoms with Gasteiger partial charge in [0.25, 0.3) is 0 Å². The van der Waals surface area contributed by atoms with E-state index in [1.807, 2.05) is 0 Å². The summed E-state index contributed by atoms with van der Waals surface area (Å²) in [6.45, 7) is 8.09. The van der Waals surface area contributed by atoms with E-state index >= 15 is 0 Å². The summed E-state index contributed by atoms with van der Waals surface area (Å²) >= 11 is 0. The third-order valence-corrected chi connectivity index (χ3v) is 4.13. The van der Waals surface area contributed by atoms with E-state index in [9.17, 15) is 4.79 Å². The number of carbonyl (C=O) groups excluding carboxylic acids is 1. The second kappa shape index (κ2) is 4.47. The quantitative estimate of drug-likeness (QED) is 0.739. The highest BCUT2D eigenvalue weighted by atomic mass is 16.5. The lowest BCUT2D eigenvalue weighted by molar-refractivity contribution is -0.138. The first-order valence-electron chi connectivity index (χ1n) is 6.72. The maximum Gasteiger partial charge on any atom is 0.237 e. The molecule has 5 nitrogen and oxygen atoms in total. The molecule has 2 aliphatic rings. The van der Waals surface area contributed by atoms with Crippen molar-refractivity contribution in [2.24, 2.45) is 11.5 Å². The van der Waals surface area contributed by atoms with Crippen molar-refractivity contribution in [1.82, 2.24) is 4.90 Å². The van der Waals surface area contributed by atoms with Gasteiger partial charge in [0.15, 0.2) is 0 Å². The molecule has 4 N–H and O–H groups in total. The summed E-state index contributed by atoms with van der Waals surface area (Å²) in [5, 5.41) is 0. The summed E-state index contributed by atoms with van der Waals surface area (Å²) in [6.07, 6.45) is 2.53. The number of nitrogens with zero attached hydrogens (tertiary/aromatic N) is 1. The van der Waals surface area contributed by atoms with E-state index in [1.165, 1.54) is 0 Å². The molecule has 1 aliphatic heterocycles. The zero-order chi connectivity index (χ0) is 13.6. The lowest BCUT2D eigenvalue weighted by Gasteiger charge is -2.44. The minimum atomic E-state index is -0.809. The largest absolute Gasteiger partial charge is 0.370 e. The number of ether oxygens (including phenoxy) is 1. The van der Waals surface area contributed by atoms with Crippen LogP contribution in [0.25, 0.3) is 0 Å². The molecular formula is C13H25N3O2. The molecule has 1 amide bonds. The summed E-state index contributed by atoms with van der Waals surface area (Å²) < 4.78 is 5.90. The number of amides is 1. The summed E-state index contributed by atoms with van der Waals surface area (Å²) in [6, 6.07) is 0.355. The number of rotatable bonds is 2. The second-order valence-corrected chi connectivity index (χ2v) is 6.53. The first-order valence-corrected chi connectivity index (χ1v) is 6.72. The Morgan fingerprint density at radius 1 is 1.44 bits per heavy atom. The molecule has 3 atom stereocenters. The van der Waals surface area contributed by atoms with Crippen LogP contribution in [0.5, 0.6) is 0 Å². The normalized spacial score (nSPS) is 40.9.